The molecule has 7 nitrogen and oxygen atoms in total. The van der Waals surface area contributed by atoms with Crippen molar-refractivity contribution in [3.63, 3.8) is 0 Å². The van der Waals surface area contributed by atoms with Crippen molar-refractivity contribution in [2.24, 2.45) is 0 Å². The fraction of sp³-hybridized carbons (Fsp3) is 0.280. The molecule has 1 aromatic carbocycles. The van der Waals surface area contributed by atoms with Crippen molar-refractivity contribution >= 4 is 17.6 Å². The van der Waals surface area contributed by atoms with Gasteiger partial charge in [-0.1, -0.05) is 18.2 Å². The van der Waals surface area contributed by atoms with Gasteiger partial charge in [0.1, 0.15) is 28.6 Å². The van der Waals surface area contributed by atoms with E-state index in [1.807, 2.05) is 32.0 Å². The molecule has 3 aromatic rings. The first kappa shape index (κ1) is 21.3. The van der Waals surface area contributed by atoms with Crippen molar-refractivity contribution in [1.29, 1.82) is 5.26 Å². The number of ether oxygens (including phenoxy) is 1. The highest BCUT2D eigenvalue weighted by Gasteiger charge is 2.22. The summed E-state index contributed by atoms with van der Waals surface area (Å²) < 4.78 is 7.45. The number of hydrogen-bond acceptors (Lipinski definition) is 5. The van der Waals surface area contributed by atoms with E-state index in [2.05, 4.69) is 4.98 Å². The van der Waals surface area contributed by atoms with Crippen LogP contribution in [0.1, 0.15) is 36.0 Å². The molecule has 0 radical (unpaired) electrons. The maximum absolute atomic E-state index is 13.3. The van der Waals surface area contributed by atoms with Crippen LogP contribution in [0.2, 0.25) is 0 Å². The molecule has 0 saturated carbocycles. The van der Waals surface area contributed by atoms with Crippen LogP contribution < -0.4 is 10.3 Å². The molecule has 0 N–H and O–H groups in total. The number of nitrogens with zero attached hydrogens (tertiary/aromatic N) is 4. The van der Waals surface area contributed by atoms with Crippen LogP contribution in [-0.2, 0) is 4.79 Å². The van der Waals surface area contributed by atoms with Crippen LogP contribution >= 0.6 is 0 Å². The van der Waals surface area contributed by atoms with E-state index >= 15 is 0 Å². The number of carbonyl (C=O) groups excluding carboxylic acids is 1. The molecule has 0 atom stereocenters. The van der Waals surface area contributed by atoms with E-state index in [-0.39, 0.29) is 22.9 Å². The monoisotopic (exact) mass is 428 g/mol. The van der Waals surface area contributed by atoms with Gasteiger partial charge in [0, 0.05) is 19.3 Å². The molecule has 1 aliphatic heterocycles. The number of carbonyl (C=O) groups is 1. The third-order valence-corrected chi connectivity index (χ3v) is 5.78. The molecule has 3 heterocycles. The van der Waals surface area contributed by atoms with Gasteiger partial charge in [-0.25, -0.2) is 0 Å². The largest absolute Gasteiger partial charge is 0.438 e. The average molecular weight is 428 g/mol. The lowest BCUT2D eigenvalue weighted by atomic mass is 10.1. The Morgan fingerprint density at radius 1 is 1.12 bits per heavy atom. The molecule has 162 valence electrons. The second-order valence-electron chi connectivity index (χ2n) is 7.89. The van der Waals surface area contributed by atoms with E-state index in [9.17, 15) is 14.9 Å². The summed E-state index contributed by atoms with van der Waals surface area (Å²) in [5, 5.41) is 9.72. The molecule has 0 spiro atoms. The van der Waals surface area contributed by atoms with Crippen molar-refractivity contribution in [2.45, 2.75) is 33.1 Å². The SMILES string of the molecule is Cc1cccc(Oc2nc3ccccn3c(=O)c2C=C(C#N)C(=O)N2CCCCC2)c1C. The van der Waals surface area contributed by atoms with E-state index in [0.29, 0.717) is 24.5 Å². The van der Waals surface area contributed by atoms with Crippen LogP contribution in [0, 0.1) is 25.2 Å². The van der Waals surface area contributed by atoms with Gasteiger partial charge in [0.25, 0.3) is 11.5 Å². The smallest absolute Gasteiger partial charge is 0.269 e. The maximum atomic E-state index is 13.3. The van der Waals surface area contributed by atoms with Gasteiger partial charge in [0.2, 0.25) is 5.88 Å². The Balaban J connectivity index is 1.85. The van der Waals surface area contributed by atoms with Crippen LogP contribution in [0.5, 0.6) is 11.6 Å². The Hall–Kier alpha value is -3.92. The lowest BCUT2D eigenvalue weighted by molar-refractivity contribution is -0.127. The number of amides is 1. The molecule has 4 rings (SSSR count). The fourth-order valence-electron chi connectivity index (χ4n) is 3.78. The Labute approximate surface area is 186 Å². The van der Waals surface area contributed by atoms with Gasteiger partial charge >= 0.3 is 0 Å². The summed E-state index contributed by atoms with van der Waals surface area (Å²) in [6.07, 6.45) is 5.80. The number of benzene rings is 1. The second kappa shape index (κ2) is 9.06. The molecule has 1 aliphatic rings. The van der Waals surface area contributed by atoms with Gasteiger partial charge in [-0.2, -0.15) is 10.2 Å². The minimum absolute atomic E-state index is 0.0640. The number of nitriles is 1. The number of pyridine rings is 1. The first-order valence-electron chi connectivity index (χ1n) is 10.7. The van der Waals surface area contributed by atoms with Crippen molar-refractivity contribution in [3.8, 4) is 17.7 Å². The highest BCUT2D eigenvalue weighted by Crippen LogP contribution is 2.28. The lowest BCUT2D eigenvalue weighted by Crippen LogP contribution is -2.36. The normalized spacial score (nSPS) is 14.3. The van der Waals surface area contributed by atoms with Crippen LogP contribution in [0.25, 0.3) is 11.7 Å². The highest BCUT2D eigenvalue weighted by molar-refractivity contribution is 6.02. The number of hydrogen-bond donors (Lipinski definition) is 0. The molecule has 0 unspecified atom stereocenters. The maximum Gasteiger partial charge on any atom is 0.269 e. The first-order valence-corrected chi connectivity index (χ1v) is 10.7. The van der Waals surface area contributed by atoms with Crippen LogP contribution in [0.15, 0.2) is 53.0 Å². The van der Waals surface area contributed by atoms with Crippen LogP contribution in [0.4, 0.5) is 0 Å². The summed E-state index contributed by atoms with van der Waals surface area (Å²) in [7, 11) is 0. The number of aromatic nitrogens is 2. The van der Waals surface area contributed by atoms with E-state index in [0.717, 1.165) is 30.4 Å². The molecule has 0 aliphatic carbocycles. The average Bonchev–Trinajstić information content (AvgIpc) is 2.82. The van der Waals surface area contributed by atoms with Crippen molar-refractivity contribution in [1.82, 2.24) is 14.3 Å². The van der Waals surface area contributed by atoms with Crippen molar-refractivity contribution in [3.05, 3.63) is 75.2 Å². The third-order valence-electron chi connectivity index (χ3n) is 5.78. The zero-order chi connectivity index (χ0) is 22.7. The summed E-state index contributed by atoms with van der Waals surface area (Å²) in [5.74, 6) is 0.254. The molecule has 2 aromatic heterocycles. The number of aryl methyl sites for hydroxylation is 1. The van der Waals surface area contributed by atoms with E-state index < -0.39 is 5.56 Å². The molecular weight excluding hydrogens is 404 g/mol. The molecule has 1 fully saturated rings. The third kappa shape index (κ3) is 4.12. The van der Waals surface area contributed by atoms with Crippen LogP contribution in [-0.4, -0.2) is 33.3 Å². The quantitative estimate of drug-likeness (QED) is 0.463. The lowest BCUT2D eigenvalue weighted by Gasteiger charge is -2.26. The predicted octanol–water partition coefficient (Wildman–Crippen LogP) is 4.02. The number of rotatable bonds is 4. The molecule has 7 heteroatoms. The summed E-state index contributed by atoms with van der Waals surface area (Å²) in [5.41, 5.74) is 1.92. The Kier molecular flexibility index (Phi) is 6.04. The first-order chi connectivity index (χ1) is 15.5. The summed E-state index contributed by atoms with van der Waals surface area (Å²) in [6, 6.07) is 12.8. The standard InChI is InChI=1S/C25H24N4O3/c1-17-9-8-10-21(18(17)2)32-23-20(25(31)29-14-7-4-11-22(29)27-23)15-19(16-26)24(30)28-12-5-3-6-13-28/h4,7-11,14-15H,3,5-6,12-13H2,1-2H3. The number of fused-ring (bicyclic) bond motifs is 1. The van der Waals surface area contributed by atoms with E-state index in [4.69, 9.17) is 4.74 Å². The van der Waals surface area contributed by atoms with Gasteiger partial charge in [-0.15, -0.1) is 0 Å². The van der Waals surface area contributed by atoms with E-state index in [1.165, 1.54) is 10.5 Å². The fourth-order valence-corrected chi connectivity index (χ4v) is 3.78. The molecule has 1 amide bonds. The van der Waals surface area contributed by atoms with Crippen molar-refractivity contribution < 1.29 is 9.53 Å². The van der Waals surface area contributed by atoms with E-state index in [1.54, 1.807) is 35.4 Å². The Morgan fingerprint density at radius 2 is 1.91 bits per heavy atom. The van der Waals surface area contributed by atoms with Crippen molar-refractivity contribution in [2.75, 3.05) is 13.1 Å². The van der Waals surface area contributed by atoms with Gasteiger partial charge in [0.15, 0.2) is 0 Å². The summed E-state index contributed by atoms with van der Waals surface area (Å²) in [6.45, 7) is 5.11. The zero-order valence-electron chi connectivity index (χ0n) is 18.2. The van der Waals surface area contributed by atoms with Crippen LogP contribution in [0.3, 0.4) is 0 Å². The Bertz CT molecular complexity index is 1310. The summed E-state index contributed by atoms with van der Waals surface area (Å²) in [4.78, 5) is 32.4. The van der Waals surface area contributed by atoms with Gasteiger partial charge in [-0.05, 0) is 68.5 Å². The zero-order valence-corrected chi connectivity index (χ0v) is 18.2. The number of piperidine rings is 1. The minimum atomic E-state index is -0.407. The number of likely N-dealkylation sites (tertiary alicyclic amines) is 1. The predicted molar refractivity (Wildman–Crippen MR) is 121 cm³/mol. The molecule has 32 heavy (non-hydrogen) atoms. The van der Waals surface area contributed by atoms with Gasteiger partial charge in [-0.3, -0.25) is 14.0 Å². The minimum Gasteiger partial charge on any atom is -0.438 e. The van der Waals surface area contributed by atoms with Gasteiger partial charge in [0.05, 0.1) is 0 Å². The molecule has 1 saturated heterocycles. The highest BCUT2D eigenvalue weighted by atomic mass is 16.5. The Morgan fingerprint density at radius 3 is 2.66 bits per heavy atom. The molecule has 0 bridgehead atoms. The topological polar surface area (TPSA) is 87.7 Å². The van der Waals surface area contributed by atoms with Gasteiger partial charge < -0.3 is 9.64 Å². The second-order valence-corrected chi connectivity index (χ2v) is 7.89. The summed E-state index contributed by atoms with van der Waals surface area (Å²) >= 11 is 0. The molecular formula is C25H24N4O3.